The predicted octanol–water partition coefficient (Wildman–Crippen LogP) is 1.33. The van der Waals surface area contributed by atoms with E-state index in [1.807, 2.05) is 0 Å². The van der Waals surface area contributed by atoms with Gasteiger partial charge in [-0.25, -0.2) is 13.1 Å². The van der Waals surface area contributed by atoms with Crippen molar-refractivity contribution in [2.75, 3.05) is 18.2 Å². The molecule has 78 valence electrons. The highest BCUT2D eigenvalue weighted by molar-refractivity contribution is 7.89. The van der Waals surface area contributed by atoms with Gasteiger partial charge in [-0.3, -0.25) is 0 Å². The maximum atomic E-state index is 11.3. The van der Waals surface area contributed by atoms with Crippen LogP contribution in [0, 0.1) is 5.92 Å². The summed E-state index contributed by atoms with van der Waals surface area (Å²) in [5, 5.41) is 0. The van der Waals surface area contributed by atoms with Crippen LogP contribution in [-0.4, -0.2) is 26.6 Å². The van der Waals surface area contributed by atoms with Gasteiger partial charge in [-0.15, -0.1) is 11.6 Å². The normalized spacial score (nSPS) is 17.6. The fraction of sp³-hybridized carbons (Fsp3) is 1.00. The average Bonchev–Trinajstić information content (AvgIpc) is 2.84. The van der Waals surface area contributed by atoms with Gasteiger partial charge in [0, 0.05) is 12.4 Å². The zero-order chi connectivity index (χ0) is 9.73. The molecule has 0 bridgehead atoms. The van der Waals surface area contributed by atoms with E-state index in [1.54, 1.807) is 0 Å². The molecule has 3 nitrogen and oxygen atoms in total. The topological polar surface area (TPSA) is 46.2 Å². The van der Waals surface area contributed by atoms with Crippen LogP contribution in [0.1, 0.15) is 25.7 Å². The Kier molecular flexibility index (Phi) is 4.49. The quantitative estimate of drug-likeness (QED) is 0.525. The largest absolute Gasteiger partial charge is 0.215 e. The Morgan fingerprint density at radius 2 is 2.00 bits per heavy atom. The second-order valence-electron chi connectivity index (χ2n) is 3.51. The molecule has 0 aromatic heterocycles. The maximum absolute atomic E-state index is 11.3. The Morgan fingerprint density at radius 3 is 2.54 bits per heavy atom. The van der Waals surface area contributed by atoms with Crippen LogP contribution < -0.4 is 4.72 Å². The van der Waals surface area contributed by atoms with Gasteiger partial charge in [0.05, 0.1) is 5.75 Å². The van der Waals surface area contributed by atoms with Crippen molar-refractivity contribution in [3.05, 3.63) is 0 Å². The van der Waals surface area contributed by atoms with Crippen LogP contribution in [0.3, 0.4) is 0 Å². The molecule has 5 heteroatoms. The van der Waals surface area contributed by atoms with Crippen LogP contribution >= 0.6 is 11.6 Å². The molecule has 0 unspecified atom stereocenters. The highest BCUT2D eigenvalue weighted by Gasteiger charge is 2.23. The van der Waals surface area contributed by atoms with Crippen molar-refractivity contribution >= 4 is 21.6 Å². The molecule has 1 rings (SSSR count). The molecule has 0 atom stereocenters. The number of alkyl halides is 1. The summed E-state index contributed by atoms with van der Waals surface area (Å²) in [6.45, 7) is 0.628. The molecule has 1 saturated carbocycles. The van der Waals surface area contributed by atoms with E-state index in [0.29, 0.717) is 24.8 Å². The van der Waals surface area contributed by atoms with Gasteiger partial charge in [-0.1, -0.05) is 0 Å². The molecule has 1 N–H and O–H groups in total. The summed E-state index contributed by atoms with van der Waals surface area (Å²) >= 11 is 5.45. The molecule has 0 aliphatic heterocycles. The fourth-order valence-corrected chi connectivity index (χ4v) is 2.43. The minimum atomic E-state index is -3.02. The Morgan fingerprint density at radius 1 is 1.31 bits per heavy atom. The summed E-state index contributed by atoms with van der Waals surface area (Å²) in [5.41, 5.74) is 0. The van der Waals surface area contributed by atoms with Crippen molar-refractivity contribution in [3.8, 4) is 0 Å². The molecular formula is C8H16ClNO2S. The smallest absolute Gasteiger partial charge is 0.211 e. The van der Waals surface area contributed by atoms with Crippen LogP contribution in [0.5, 0.6) is 0 Å². The van der Waals surface area contributed by atoms with E-state index < -0.39 is 10.0 Å². The lowest BCUT2D eigenvalue weighted by Gasteiger charge is -2.04. The molecule has 0 spiro atoms. The minimum absolute atomic E-state index is 0.215. The van der Waals surface area contributed by atoms with Crippen molar-refractivity contribution in [2.24, 2.45) is 5.92 Å². The number of hydrogen-bond acceptors (Lipinski definition) is 2. The van der Waals surface area contributed by atoms with Gasteiger partial charge in [0.15, 0.2) is 0 Å². The van der Waals surface area contributed by atoms with Gasteiger partial charge < -0.3 is 0 Å². The zero-order valence-electron chi connectivity index (χ0n) is 7.63. The van der Waals surface area contributed by atoms with E-state index >= 15 is 0 Å². The van der Waals surface area contributed by atoms with Gasteiger partial charge in [0.1, 0.15) is 0 Å². The molecule has 0 radical (unpaired) electrons. The second kappa shape index (κ2) is 5.17. The summed E-state index contributed by atoms with van der Waals surface area (Å²) in [7, 11) is -3.02. The van der Waals surface area contributed by atoms with Gasteiger partial charge in [0.25, 0.3) is 0 Å². The van der Waals surface area contributed by atoms with Gasteiger partial charge in [-0.05, 0) is 31.6 Å². The molecule has 1 aliphatic rings. The van der Waals surface area contributed by atoms with Gasteiger partial charge in [0.2, 0.25) is 10.0 Å². The number of rotatable bonds is 7. The standard InChI is InChI=1S/C8H16ClNO2S/c9-5-1-2-6-13(11,12)10-7-8-3-4-8/h8,10H,1-7H2. The zero-order valence-corrected chi connectivity index (χ0v) is 9.20. The van der Waals surface area contributed by atoms with Gasteiger partial charge >= 0.3 is 0 Å². The third-order valence-electron chi connectivity index (χ3n) is 2.09. The average molecular weight is 226 g/mol. The summed E-state index contributed by atoms with van der Waals surface area (Å²) in [6, 6.07) is 0. The van der Waals surface area contributed by atoms with Crippen molar-refractivity contribution in [3.63, 3.8) is 0 Å². The van der Waals surface area contributed by atoms with Crippen LogP contribution in [0.25, 0.3) is 0 Å². The van der Waals surface area contributed by atoms with Crippen molar-refractivity contribution in [1.29, 1.82) is 0 Å². The molecule has 13 heavy (non-hydrogen) atoms. The third kappa shape index (κ3) is 5.49. The van der Waals surface area contributed by atoms with E-state index in [1.165, 1.54) is 12.8 Å². The summed E-state index contributed by atoms with van der Waals surface area (Å²) in [6.07, 6.45) is 3.77. The fourth-order valence-electron chi connectivity index (χ4n) is 1.03. The van der Waals surface area contributed by atoms with E-state index in [4.69, 9.17) is 11.6 Å². The Bertz CT molecular complexity index is 237. The Labute approximate surface area is 84.9 Å². The van der Waals surface area contributed by atoms with Crippen molar-refractivity contribution < 1.29 is 8.42 Å². The highest BCUT2D eigenvalue weighted by Crippen LogP contribution is 2.27. The number of halogens is 1. The van der Waals surface area contributed by atoms with Crippen LogP contribution in [0.2, 0.25) is 0 Å². The lowest BCUT2D eigenvalue weighted by atomic mass is 10.4. The first kappa shape index (κ1) is 11.3. The Balaban J connectivity index is 2.11. The van der Waals surface area contributed by atoms with E-state index in [0.717, 1.165) is 6.42 Å². The highest BCUT2D eigenvalue weighted by atomic mass is 35.5. The second-order valence-corrected chi connectivity index (χ2v) is 5.81. The molecule has 0 aromatic carbocycles. The molecule has 1 aliphatic carbocycles. The van der Waals surface area contributed by atoms with E-state index in [-0.39, 0.29) is 5.75 Å². The van der Waals surface area contributed by atoms with Crippen molar-refractivity contribution in [2.45, 2.75) is 25.7 Å². The number of sulfonamides is 1. The molecule has 0 amide bonds. The lowest BCUT2D eigenvalue weighted by molar-refractivity contribution is 0.574. The molecule has 1 fully saturated rings. The summed E-state index contributed by atoms with van der Waals surface area (Å²) in [5.74, 6) is 1.35. The number of hydrogen-bond donors (Lipinski definition) is 1. The minimum Gasteiger partial charge on any atom is -0.215 e. The first-order valence-electron chi connectivity index (χ1n) is 4.67. The maximum Gasteiger partial charge on any atom is 0.211 e. The van der Waals surface area contributed by atoms with Crippen molar-refractivity contribution in [1.82, 2.24) is 4.72 Å². The Hall–Kier alpha value is 0.200. The predicted molar refractivity (Wildman–Crippen MR) is 54.5 cm³/mol. The summed E-state index contributed by atoms with van der Waals surface area (Å²) in [4.78, 5) is 0. The van der Waals surface area contributed by atoms with E-state index in [9.17, 15) is 8.42 Å². The van der Waals surface area contributed by atoms with Crippen LogP contribution in [-0.2, 0) is 10.0 Å². The number of unbranched alkanes of at least 4 members (excludes halogenated alkanes) is 1. The third-order valence-corrected chi connectivity index (χ3v) is 3.79. The van der Waals surface area contributed by atoms with Gasteiger partial charge in [-0.2, -0.15) is 0 Å². The van der Waals surface area contributed by atoms with E-state index in [2.05, 4.69) is 4.72 Å². The summed E-state index contributed by atoms with van der Waals surface area (Å²) < 4.78 is 25.2. The molecule has 0 heterocycles. The monoisotopic (exact) mass is 225 g/mol. The van der Waals surface area contributed by atoms with Crippen LogP contribution in [0.15, 0.2) is 0 Å². The van der Waals surface area contributed by atoms with Crippen LogP contribution in [0.4, 0.5) is 0 Å². The first-order valence-corrected chi connectivity index (χ1v) is 6.86. The first-order chi connectivity index (χ1) is 6.14. The SMILES string of the molecule is O=S(=O)(CCCCCl)NCC1CC1. The molecule has 0 saturated heterocycles. The molecular weight excluding hydrogens is 210 g/mol. The number of nitrogens with one attached hydrogen (secondary N) is 1. The lowest BCUT2D eigenvalue weighted by Crippen LogP contribution is -2.28. The molecule has 0 aromatic rings.